The molecule has 0 aliphatic rings. The molecule has 0 fully saturated rings. The Hall–Kier alpha value is -3.24. The highest BCUT2D eigenvalue weighted by atomic mass is 28.5. The highest BCUT2D eigenvalue weighted by Gasteiger charge is 2.45. The Kier molecular flexibility index (Phi) is 14.4. The van der Waals surface area contributed by atoms with Crippen LogP contribution in [0.4, 0.5) is 0 Å². The maximum atomic E-state index is 6.79. The minimum absolute atomic E-state index is 0.0364. The molecule has 9 heteroatoms. The second kappa shape index (κ2) is 18.7. The molecule has 0 bridgehead atoms. The molecule has 8 radical (unpaired) electrons. The third kappa shape index (κ3) is 10.4. The predicted molar refractivity (Wildman–Crippen MR) is 193 cm³/mol. The molecule has 4 aromatic carbocycles. The van der Waals surface area contributed by atoms with E-state index in [1.807, 2.05) is 72.8 Å². The van der Waals surface area contributed by atoms with Crippen LogP contribution in [0.5, 0.6) is 0 Å². The smallest absolute Gasteiger partial charge is 0.390 e. The summed E-state index contributed by atoms with van der Waals surface area (Å²) in [5.74, 6) is 0. The fourth-order valence-electron chi connectivity index (χ4n) is 4.41. The van der Waals surface area contributed by atoms with E-state index in [9.17, 15) is 0 Å². The molecule has 0 spiro atoms. The lowest BCUT2D eigenvalue weighted by Crippen LogP contribution is -2.57. The first kappa shape index (κ1) is 34.6. The van der Waals surface area contributed by atoms with Gasteiger partial charge in [-0.15, -0.1) is 26.3 Å². The summed E-state index contributed by atoms with van der Waals surface area (Å²) in [6.45, 7) is 15.8. The lowest BCUT2D eigenvalue weighted by atomic mass is 10.1. The molecule has 4 aromatic rings. The zero-order chi connectivity index (χ0) is 31.7. The second-order valence-electron chi connectivity index (χ2n) is 9.92. The lowest BCUT2D eigenvalue weighted by Gasteiger charge is -2.30. The average molecular weight is 673 g/mol. The molecule has 0 heterocycles. The molecule has 0 saturated heterocycles. The summed E-state index contributed by atoms with van der Waals surface area (Å²) in [6.07, 6.45) is 10.6. The molecule has 0 atom stereocenters. The third-order valence-electron chi connectivity index (χ3n) is 6.67. The summed E-state index contributed by atoms with van der Waals surface area (Å²) in [5, 5.41) is 4.30. The van der Waals surface area contributed by atoms with Crippen LogP contribution in [0.25, 0.3) is 0 Å². The van der Waals surface area contributed by atoms with Gasteiger partial charge in [0, 0.05) is 0 Å². The van der Waals surface area contributed by atoms with Crippen LogP contribution in [0, 0.1) is 0 Å². The van der Waals surface area contributed by atoms with Crippen molar-refractivity contribution < 1.29 is 16.5 Å². The Morgan fingerprint density at radius 1 is 0.400 bits per heavy atom. The molecular formula is C36H36O4Si5. The van der Waals surface area contributed by atoms with Crippen molar-refractivity contribution >= 4 is 68.8 Å². The Balaban J connectivity index is 1.72. The molecule has 0 amide bonds. The third-order valence-corrected chi connectivity index (χ3v) is 15.1. The van der Waals surface area contributed by atoms with Gasteiger partial charge in [-0.05, 0) is 68.7 Å². The number of hydrogen-bond acceptors (Lipinski definition) is 4. The van der Waals surface area contributed by atoms with Crippen molar-refractivity contribution in [1.82, 2.24) is 0 Å². The molecule has 0 aliphatic heterocycles. The van der Waals surface area contributed by atoms with Crippen molar-refractivity contribution in [2.45, 2.75) is 25.7 Å². The van der Waals surface area contributed by atoms with Crippen LogP contribution in [0.1, 0.15) is 22.3 Å². The Bertz CT molecular complexity index is 1340. The van der Waals surface area contributed by atoms with Crippen molar-refractivity contribution in [3.05, 3.63) is 170 Å². The standard InChI is InChI=1S/C36H36O4Si5/c1-5-17-29-21-9-13-25-33(29)41-37-45(38-42-34-26-14-10-22-30(34)18-6-2,39-43-35-27-15-11-23-31(35)19-7-3)40-44-36-28-16-12-24-32(36)20-8-4/h5-16,21-28H,1-4,17-20H2. The van der Waals surface area contributed by atoms with Gasteiger partial charge in [0.15, 0.2) is 0 Å². The highest BCUT2D eigenvalue weighted by molar-refractivity contribution is 6.78. The fraction of sp³-hybridized carbons (Fsp3) is 0.111. The van der Waals surface area contributed by atoms with Gasteiger partial charge in [0.05, 0.1) is 0 Å². The van der Waals surface area contributed by atoms with E-state index < -0.39 is 9.05 Å². The summed E-state index contributed by atoms with van der Waals surface area (Å²) >= 11 is 0. The van der Waals surface area contributed by atoms with E-state index in [0.29, 0.717) is 0 Å². The lowest BCUT2D eigenvalue weighted by molar-refractivity contribution is 0.180. The monoisotopic (exact) mass is 672 g/mol. The number of benzene rings is 4. The van der Waals surface area contributed by atoms with Gasteiger partial charge in [0.2, 0.25) is 0 Å². The van der Waals surface area contributed by atoms with Gasteiger partial charge in [-0.25, -0.2) is 0 Å². The summed E-state index contributed by atoms with van der Waals surface area (Å²) in [7, 11) is -3.91. The first-order chi connectivity index (χ1) is 22.1. The zero-order valence-corrected chi connectivity index (χ0v) is 30.3. The molecule has 224 valence electrons. The van der Waals surface area contributed by atoms with Crippen molar-refractivity contribution in [2.24, 2.45) is 0 Å². The Morgan fingerprint density at radius 2 is 0.622 bits per heavy atom. The number of allylic oxidation sites excluding steroid dienone is 4. The van der Waals surface area contributed by atoms with Crippen LogP contribution in [0.15, 0.2) is 148 Å². The molecule has 45 heavy (non-hydrogen) atoms. The van der Waals surface area contributed by atoms with E-state index in [0.717, 1.165) is 68.7 Å². The summed E-state index contributed by atoms with van der Waals surface area (Å²) < 4.78 is 27.2. The van der Waals surface area contributed by atoms with E-state index in [2.05, 4.69) is 74.8 Å². The van der Waals surface area contributed by atoms with E-state index in [-0.39, 0.29) is 39.1 Å². The Labute approximate surface area is 279 Å². The first-order valence-corrected chi connectivity index (χ1v) is 19.9. The summed E-state index contributed by atoms with van der Waals surface area (Å²) in [5.41, 5.74) is 4.63. The molecule has 0 N–H and O–H groups in total. The predicted octanol–water partition coefficient (Wildman–Crippen LogP) is 4.18. The largest absolute Gasteiger partial charge is 0.637 e. The van der Waals surface area contributed by atoms with Crippen LogP contribution in [0.2, 0.25) is 0 Å². The summed E-state index contributed by atoms with van der Waals surface area (Å²) in [4.78, 5) is 0. The average Bonchev–Trinajstić information content (AvgIpc) is 3.07. The van der Waals surface area contributed by atoms with Crippen LogP contribution >= 0.6 is 0 Å². The van der Waals surface area contributed by atoms with Gasteiger partial charge < -0.3 is 16.5 Å². The number of rotatable bonds is 20. The van der Waals surface area contributed by atoms with Gasteiger partial charge in [0.25, 0.3) is 39.1 Å². The minimum atomic E-state index is -3.76. The van der Waals surface area contributed by atoms with E-state index in [1.54, 1.807) is 0 Å². The van der Waals surface area contributed by atoms with Crippen molar-refractivity contribution in [1.29, 1.82) is 0 Å². The zero-order valence-electron chi connectivity index (χ0n) is 25.3. The van der Waals surface area contributed by atoms with Gasteiger partial charge >= 0.3 is 9.05 Å². The SMILES string of the molecule is C=CCc1ccccc1[Si]O[Si](O[Si]c1ccccc1CC=C)(O[Si]c1ccccc1CC=C)O[Si]c1ccccc1CC=C. The highest BCUT2D eigenvalue weighted by Crippen LogP contribution is 2.13. The normalized spacial score (nSPS) is 11.2. The van der Waals surface area contributed by atoms with Crippen molar-refractivity contribution in [3.63, 3.8) is 0 Å². The Morgan fingerprint density at radius 3 is 0.844 bits per heavy atom. The maximum absolute atomic E-state index is 6.79. The first-order valence-electron chi connectivity index (χ1n) is 14.6. The maximum Gasteiger partial charge on any atom is 0.637 e. The minimum Gasteiger partial charge on any atom is -0.390 e. The van der Waals surface area contributed by atoms with Gasteiger partial charge in [-0.1, -0.05) is 121 Å². The summed E-state index contributed by atoms with van der Waals surface area (Å²) in [6, 6.07) is 33.0. The van der Waals surface area contributed by atoms with Gasteiger partial charge in [-0.2, -0.15) is 0 Å². The quantitative estimate of drug-likeness (QED) is 0.104. The van der Waals surface area contributed by atoms with E-state index >= 15 is 0 Å². The van der Waals surface area contributed by atoms with E-state index in [1.165, 1.54) is 0 Å². The second-order valence-corrected chi connectivity index (χ2v) is 17.2. The van der Waals surface area contributed by atoms with Crippen LogP contribution < -0.4 is 20.7 Å². The van der Waals surface area contributed by atoms with Gasteiger partial charge in [-0.3, -0.25) is 0 Å². The topological polar surface area (TPSA) is 36.9 Å². The molecule has 4 rings (SSSR count). The van der Waals surface area contributed by atoms with E-state index in [4.69, 9.17) is 16.5 Å². The van der Waals surface area contributed by atoms with Crippen molar-refractivity contribution in [3.8, 4) is 0 Å². The molecule has 0 aromatic heterocycles. The van der Waals surface area contributed by atoms with Crippen LogP contribution in [0.3, 0.4) is 0 Å². The van der Waals surface area contributed by atoms with Crippen molar-refractivity contribution in [2.75, 3.05) is 0 Å². The molecular weight excluding hydrogens is 637 g/mol. The molecule has 0 saturated carbocycles. The van der Waals surface area contributed by atoms with Gasteiger partial charge in [0.1, 0.15) is 0 Å². The molecule has 0 aliphatic carbocycles. The van der Waals surface area contributed by atoms with Crippen LogP contribution in [-0.4, -0.2) is 48.1 Å². The molecule has 4 nitrogen and oxygen atoms in total. The number of hydrogen-bond donors (Lipinski definition) is 0. The van der Waals surface area contributed by atoms with Crippen LogP contribution in [-0.2, 0) is 42.1 Å². The fourth-order valence-corrected chi connectivity index (χ4v) is 13.3. The molecule has 0 unspecified atom stereocenters.